The summed E-state index contributed by atoms with van der Waals surface area (Å²) in [7, 11) is 0. The molecule has 2 atom stereocenters. The van der Waals surface area contributed by atoms with E-state index >= 15 is 0 Å². The summed E-state index contributed by atoms with van der Waals surface area (Å²) in [6.07, 6.45) is 1.93. The summed E-state index contributed by atoms with van der Waals surface area (Å²) < 4.78 is 0. The van der Waals surface area contributed by atoms with Crippen molar-refractivity contribution in [1.82, 2.24) is 9.97 Å². The van der Waals surface area contributed by atoms with E-state index in [4.69, 9.17) is 5.84 Å². The molecule has 100 valence electrons. The van der Waals surface area contributed by atoms with Gasteiger partial charge in [-0.15, -0.1) is 0 Å². The SMILES string of the molecule is CCCc1nc(NN)cc(N2CC(C)C(C)C2)n1. The number of aryl methyl sites for hydroxylation is 1. The highest BCUT2D eigenvalue weighted by Crippen LogP contribution is 2.27. The third-order valence-corrected chi connectivity index (χ3v) is 3.69. The van der Waals surface area contributed by atoms with Crippen molar-refractivity contribution in [1.29, 1.82) is 0 Å². The van der Waals surface area contributed by atoms with Crippen LogP contribution in [0, 0.1) is 11.8 Å². The predicted octanol–water partition coefficient (Wildman–Crippen LogP) is 1.81. The normalized spacial score (nSPS) is 23.4. The molecule has 0 bridgehead atoms. The summed E-state index contributed by atoms with van der Waals surface area (Å²) in [5, 5.41) is 0. The number of anilines is 2. The van der Waals surface area contributed by atoms with Gasteiger partial charge < -0.3 is 10.3 Å². The lowest BCUT2D eigenvalue weighted by Gasteiger charge is -2.18. The van der Waals surface area contributed by atoms with Gasteiger partial charge in [-0.1, -0.05) is 20.8 Å². The number of nitrogens with one attached hydrogen (secondary N) is 1. The second-order valence-electron chi connectivity index (χ2n) is 5.28. The van der Waals surface area contributed by atoms with Crippen molar-refractivity contribution in [2.75, 3.05) is 23.4 Å². The fourth-order valence-corrected chi connectivity index (χ4v) is 2.37. The second-order valence-corrected chi connectivity index (χ2v) is 5.28. The average Bonchev–Trinajstić information content (AvgIpc) is 2.70. The minimum Gasteiger partial charge on any atom is -0.356 e. The Morgan fingerprint density at radius 3 is 2.56 bits per heavy atom. The fraction of sp³-hybridized carbons (Fsp3) is 0.692. The molecule has 0 aromatic carbocycles. The summed E-state index contributed by atoms with van der Waals surface area (Å²) >= 11 is 0. The van der Waals surface area contributed by atoms with E-state index < -0.39 is 0 Å². The Labute approximate surface area is 109 Å². The van der Waals surface area contributed by atoms with Crippen molar-refractivity contribution >= 4 is 11.6 Å². The third kappa shape index (κ3) is 2.72. The molecule has 18 heavy (non-hydrogen) atoms. The van der Waals surface area contributed by atoms with Gasteiger partial charge in [0.1, 0.15) is 17.5 Å². The lowest BCUT2D eigenvalue weighted by molar-refractivity contribution is 0.494. The van der Waals surface area contributed by atoms with E-state index in [0.717, 1.165) is 37.6 Å². The Morgan fingerprint density at radius 1 is 1.33 bits per heavy atom. The van der Waals surface area contributed by atoms with Gasteiger partial charge in [0, 0.05) is 25.6 Å². The van der Waals surface area contributed by atoms with Crippen molar-refractivity contribution in [2.45, 2.75) is 33.6 Å². The van der Waals surface area contributed by atoms with Gasteiger partial charge >= 0.3 is 0 Å². The van der Waals surface area contributed by atoms with Gasteiger partial charge in [-0.25, -0.2) is 15.8 Å². The van der Waals surface area contributed by atoms with Gasteiger partial charge in [0.2, 0.25) is 0 Å². The smallest absolute Gasteiger partial charge is 0.145 e. The zero-order valence-electron chi connectivity index (χ0n) is 11.5. The van der Waals surface area contributed by atoms with Crippen molar-refractivity contribution in [3.8, 4) is 0 Å². The molecule has 1 saturated heterocycles. The summed E-state index contributed by atoms with van der Waals surface area (Å²) in [6.45, 7) is 8.84. The first-order valence-electron chi connectivity index (χ1n) is 6.73. The lowest BCUT2D eigenvalue weighted by atomic mass is 10.0. The molecule has 1 aliphatic heterocycles. The Balaban J connectivity index is 2.24. The number of nitrogens with zero attached hydrogens (tertiary/aromatic N) is 3. The molecule has 1 fully saturated rings. The number of rotatable bonds is 4. The molecule has 0 saturated carbocycles. The minimum atomic E-state index is 0.704. The highest BCUT2D eigenvalue weighted by atomic mass is 15.3. The molecule has 3 N–H and O–H groups in total. The van der Waals surface area contributed by atoms with Crippen LogP contribution in [0.1, 0.15) is 33.0 Å². The molecule has 2 heterocycles. The molecule has 0 radical (unpaired) electrons. The van der Waals surface area contributed by atoms with Crippen LogP contribution in [-0.2, 0) is 6.42 Å². The number of hydrogen-bond donors (Lipinski definition) is 2. The molecule has 1 aromatic rings. The summed E-state index contributed by atoms with van der Waals surface area (Å²) in [5.41, 5.74) is 2.63. The standard InChI is InChI=1S/C13H23N5/c1-4-5-11-15-12(17-14)6-13(16-11)18-7-9(2)10(3)8-18/h6,9-10H,4-5,7-8,14H2,1-3H3,(H,15,16,17). The zero-order chi connectivity index (χ0) is 13.1. The topological polar surface area (TPSA) is 67.1 Å². The first kappa shape index (κ1) is 13.1. The van der Waals surface area contributed by atoms with E-state index in [0.29, 0.717) is 17.7 Å². The van der Waals surface area contributed by atoms with Gasteiger partial charge in [-0.2, -0.15) is 0 Å². The van der Waals surface area contributed by atoms with Crippen LogP contribution in [-0.4, -0.2) is 23.1 Å². The van der Waals surface area contributed by atoms with E-state index in [1.54, 1.807) is 0 Å². The van der Waals surface area contributed by atoms with E-state index in [-0.39, 0.29) is 0 Å². The van der Waals surface area contributed by atoms with Crippen molar-refractivity contribution in [2.24, 2.45) is 17.7 Å². The first-order chi connectivity index (χ1) is 8.63. The molecule has 1 aliphatic rings. The molecule has 2 rings (SSSR count). The van der Waals surface area contributed by atoms with Gasteiger partial charge in [0.25, 0.3) is 0 Å². The van der Waals surface area contributed by atoms with Crippen LogP contribution in [0.15, 0.2) is 6.07 Å². The van der Waals surface area contributed by atoms with E-state index in [1.165, 1.54) is 0 Å². The van der Waals surface area contributed by atoms with Crippen molar-refractivity contribution < 1.29 is 0 Å². The zero-order valence-corrected chi connectivity index (χ0v) is 11.5. The fourth-order valence-electron chi connectivity index (χ4n) is 2.37. The number of nitrogen functional groups attached to an aromatic ring is 1. The molecule has 2 unspecified atom stereocenters. The van der Waals surface area contributed by atoms with E-state index in [9.17, 15) is 0 Å². The molecule has 0 amide bonds. The molecular weight excluding hydrogens is 226 g/mol. The number of aromatic nitrogens is 2. The average molecular weight is 249 g/mol. The van der Waals surface area contributed by atoms with Crippen LogP contribution in [0.3, 0.4) is 0 Å². The Bertz CT molecular complexity index is 396. The third-order valence-electron chi connectivity index (χ3n) is 3.69. The van der Waals surface area contributed by atoms with Crippen molar-refractivity contribution in [3.63, 3.8) is 0 Å². The Morgan fingerprint density at radius 2 is 2.00 bits per heavy atom. The highest BCUT2D eigenvalue weighted by molar-refractivity contribution is 5.49. The van der Waals surface area contributed by atoms with Gasteiger partial charge in [0.15, 0.2) is 0 Å². The predicted molar refractivity (Wildman–Crippen MR) is 74.4 cm³/mol. The maximum absolute atomic E-state index is 5.48. The number of hydrazine groups is 1. The summed E-state index contributed by atoms with van der Waals surface area (Å²) in [6, 6.07) is 1.93. The number of hydrogen-bond acceptors (Lipinski definition) is 5. The lowest BCUT2D eigenvalue weighted by Crippen LogP contribution is -2.22. The molecule has 0 spiro atoms. The van der Waals surface area contributed by atoms with E-state index in [2.05, 4.69) is 41.1 Å². The Hall–Kier alpha value is -1.36. The second kappa shape index (κ2) is 5.52. The van der Waals surface area contributed by atoms with Crippen molar-refractivity contribution in [3.05, 3.63) is 11.9 Å². The molecule has 5 heteroatoms. The van der Waals surface area contributed by atoms with E-state index in [1.807, 2.05) is 6.07 Å². The van der Waals surface area contributed by atoms with Crippen LogP contribution in [0.25, 0.3) is 0 Å². The highest BCUT2D eigenvalue weighted by Gasteiger charge is 2.27. The number of nitrogens with two attached hydrogens (primary N) is 1. The quantitative estimate of drug-likeness (QED) is 0.629. The van der Waals surface area contributed by atoms with Crippen LogP contribution < -0.4 is 16.2 Å². The molecule has 5 nitrogen and oxygen atoms in total. The molecular formula is C13H23N5. The summed E-state index contributed by atoms with van der Waals surface area (Å²) in [5.74, 6) is 9.47. The maximum atomic E-state index is 5.48. The summed E-state index contributed by atoms with van der Waals surface area (Å²) in [4.78, 5) is 11.3. The molecule has 1 aromatic heterocycles. The largest absolute Gasteiger partial charge is 0.356 e. The van der Waals surface area contributed by atoms with Crippen LogP contribution in [0.5, 0.6) is 0 Å². The van der Waals surface area contributed by atoms with Gasteiger partial charge in [-0.05, 0) is 18.3 Å². The minimum absolute atomic E-state index is 0.704. The van der Waals surface area contributed by atoms with Gasteiger partial charge in [-0.3, -0.25) is 0 Å². The van der Waals surface area contributed by atoms with Crippen LogP contribution in [0.4, 0.5) is 11.6 Å². The first-order valence-corrected chi connectivity index (χ1v) is 6.73. The van der Waals surface area contributed by atoms with Crippen LogP contribution in [0.2, 0.25) is 0 Å². The Kier molecular flexibility index (Phi) is 4.01. The van der Waals surface area contributed by atoms with Gasteiger partial charge in [0.05, 0.1) is 0 Å². The van der Waals surface area contributed by atoms with Crippen LogP contribution >= 0.6 is 0 Å². The monoisotopic (exact) mass is 249 g/mol. The maximum Gasteiger partial charge on any atom is 0.145 e. The molecule has 0 aliphatic carbocycles.